The Labute approximate surface area is 259 Å². The van der Waals surface area contributed by atoms with Crippen molar-refractivity contribution in [2.24, 2.45) is 0 Å². The van der Waals surface area contributed by atoms with Gasteiger partial charge in [0.15, 0.2) is 12.4 Å². The number of aromatic amines is 2. The van der Waals surface area contributed by atoms with Gasteiger partial charge in [-0.3, -0.25) is 0 Å². The molecular weight excluding hydrogens is 568 g/mol. The number of nitrogens with one attached hydrogen (secondary N) is 2. The average Bonchev–Trinajstić information content (AvgIpc) is 3.65. The molecule has 0 bridgehead atoms. The predicted molar refractivity (Wildman–Crippen MR) is 167 cm³/mol. The van der Waals surface area contributed by atoms with E-state index in [4.69, 9.17) is 9.47 Å². The van der Waals surface area contributed by atoms with Gasteiger partial charge >= 0.3 is 5.56 Å². The van der Waals surface area contributed by atoms with Crippen molar-refractivity contribution in [3.63, 3.8) is 0 Å². The van der Waals surface area contributed by atoms with Crippen LogP contribution in [0.25, 0.3) is 11.2 Å². The molecule has 9 heteroatoms. The van der Waals surface area contributed by atoms with E-state index in [0.29, 0.717) is 12.2 Å². The van der Waals surface area contributed by atoms with Crippen molar-refractivity contribution in [3.05, 3.63) is 166 Å². The Hall–Kier alpha value is -4.93. The molecule has 1 aliphatic rings. The SMILES string of the molecule is O=c1c2[nH]c([C@@H]3O[C@H](COC(c4ccccc4)(c4ccccc4)c4ccccc4)[C@@H](O)[C@H]3O)nc2[nH+]cn1Cc1ccccc1. The van der Waals surface area contributed by atoms with Crippen LogP contribution in [0.15, 0.2) is 132 Å². The highest BCUT2D eigenvalue weighted by Crippen LogP contribution is 2.42. The fourth-order valence-corrected chi connectivity index (χ4v) is 6.11. The molecule has 0 unspecified atom stereocenters. The van der Waals surface area contributed by atoms with Crippen molar-refractivity contribution in [1.82, 2.24) is 14.5 Å². The molecule has 0 amide bonds. The Kier molecular flexibility index (Phi) is 7.83. The number of ether oxygens (including phenoxy) is 2. The molecule has 9 nitrogen and oxygen atoms in total. The molecule has 3 heterocycles. The number of hydrogen-bond donors (Lipinski definition) is 3. The molecule has 0 saturated carbocycles. The van der Waals surface area contributed by atoms with E-state index in [0.717, 1.165) is 22.3 Å². The van der Waals surface area contributed by atoms with Gasteiger partial charge in [-0.05, 0) is 22.3 Å². The van der Waals surface area contributed by atoms with Gasteiger partial charge < -0.3 is 24.7 Å². The Morgan fingerprint density at radius 3 is 1.89 bits per heavy atom. The van der Waals surface area contributed by atoms with Gasteiger partial charge in [0.2, 0.25) is 11.3 Å². The third-order valence-electron chi connectivity index (χ3n) is 8.39. The van der Waals surface area contributed by atoms with Gasteiger partial charge in [0, 0.05) is 0 Å². The molecule has 226 valence electrons. The zero-order chi connectivity index (χ0) is 30.8. The quantitative estimate of drug-likeness (QED) is 0.217. The van der Waals surface area contributed by atoms with Crippen LogP contribution < -0.4 is 10.5 Å². The molecule has 1 fully saturated rings. The number of aliphatic hydroxyl groups excluding tert-OH is 2. The minimum atomic E-state index is -1.30. The third kappa shape index (κ3) is 5.36. The van der Waals surface area contributed by atoms with E-state index in [-0.39, 0.29) is 23.5 Å². The van der Waals surface area contributed by atoms with Crippen LogP contribution in [0.2, 0.25) is 0 Å². The van der Waals surface area contributed by atoms with E-state index in [1.807, 2.05) is 121 Å². The van der Waals surface area contributed by atoms with E-state index in [1.165, 1.54) is 0 Å². The summed E-state index contributed by atoms with van der Waals surface area (Å²) in [6.07, 6.45) is -2.87. The zero-order valence-electron chi connectivity index (χ0n) is 24.4. The van der Waals surface area contributed by atoms with Gasteiger partial charge in [-0.15, -0.1) is 0 Å². The largest absolute Gasteiger partial charge is 0.387 e. The van der Waals surface area contributed by atoms with Crippen LogP contribution >= 0.6 is 0 Å². The molecule has 4 N–H and O–H groups in total. The molecule has 45 heavy (non-hydrogen) atoms. The summed E-state index contributed by atoms with van der Waals surface area (Å²) in [4.78, 5) is 23.9. The highest BCUT2D eigenvalue weighted by Gasteiger charge is 2.48. The lowest BCUT2D eigenvalue weighted by atomic mass is 9.80. The van der Waals surface area contributed by atoms with E-state index in [9.17, 15) is 15.0 Å². The molecular formula is C36H33N4O5+. The number of H-pyrrole nitrogens is 2. The van der Waals surface area contributed by atoms with E-state index in [1.54, 1.807) is 10.9 Å². The van der Waals surface area contributed by atoms with Crippen LogP contribution in [0, 0.1) is 0 Å². The lowest BCUT2D eigenvalue weighted by Crippen LogP contribution is -2.39. The second-order valence-corrected chi connectivity index (χ2v) is 11.2. The van der Waals surface area contributed by atoms with Crippen LogP contribution in [0.4, 0.5) is 0 Å². The first-order chi connectivity index (χ1) is 22.0. The van der Waals surface area contributed by atoms with Crippen LogP contribution in [0.5, 0.6) is 0 Å². The Morgan fingerprint density at radius 2 is 1.33 bits per heavy atom. The monoisotopic (exact) mass is 601 g/mol. The molecule has 1 aliphatic heterocycles. The number of rotatable bonds is 9. The molecule has 4 atom stereocenters. The van der Waals surface area contributed by atoms with Gasteiger partial charge in [-0.2, -0.15) is 0 Å². The zero-order valence-corrected chi connectivity index (χ0v) is 24.4. The first-order valence-electron chi connectivity index (χ1n) is 14.9. The van der Waals surface area contributed by atoms with Crippen molar-refractivity contribution in [3.8, 4) is 0 Å². The summed E-state index contributed by atoms with van der Waals surface area (Å²) in [5.74, 6) is 0.241. The second kappa shape index (κ2) is 12.2. The number of nitrogens with zero attached hydrogens (tertiary/aromatic N) is 2. The molecule has 0 aliphatic carbocycles. The number of aromatic nitrogens is 4. The topological polar surface area (TPSA) is 124 Å². The van der Waals surface area contributed by atoms with E-state index in [2.05, 4.69) is 15.0 Å². The number of benzene rings is 4. The van der Waals surface area contributed by atoms with Gasteiger partial charge in [-0.25, -0.2) is 14.3 Å². The average molecular weight is 602 g/mol. The summed E-state index contributed by atoms with van der Waals surface area (Å²) in [6.45, 7) is 0.344. The maximum atomic E-state index is 13.3. The lowest BCUT2D eigenvalue weighted by molar-refractivity contribution is -0.355. The summed E-state index contributed by atoms with van der Waals surface area (Å²) in [7, 11) is 0. The highest BCUT2D eigenvalue weighted by atomic mass is 16.6. The smallest absolute Gasteiger partial charge is 0.337 e. The van der Waals surface area contributed by atoms with Crippen molar-refractivity contribution < 1.29 is 24.7 Å². The fraction of sp³-hybridized carbons (Fsp3) is 0.194. The first-order valence-corrected chi connectivity index (χ1v) is 14.9. The summed E-state index contributed by atoms with van der Waals surface area (Å²) >= 11 is 0. The molecule has 4 aromatic carbocycles. The summed E-state index contributed by atoms with van der Waals surface area (Å²) in [5.41, 5.74) is 3.01. The van der Waals surface area contributed by atoms with Crippen LogP contribution in [-0.4, -0.2) is 49.7 Å². The Morgan fingerprint density at radius 1 is 0.800 bits per heavy atom. The summed E-state index contributed by atoms with van der Waals surface area (Å²) < 4.78 is 14.6. The van der Waals surface area contributed by atoms with Gasteiger partial charge in [-0.1, -0.05) is 126 Å². The van der Waals surface area contributed by atoms with Gasteiger partial charge in [0.25, 0.3) is 5.65 Å². The maximum Gasteiger partial charge on any atom is 0.337 e. The van der Waals surface area contributed by atoms with Crippen molar-refractivity contribution in [2.45, 2.75) is 36.6 Å². The lowest BCUT2D eigenvalue weighted by Gasteiger charge is -2.37. The Bertz CT molecular complexity index is 1830. The van der Waals surface area contributed by atoms with Crippen LogP contribution in [0.1, 0.15) is 34.2 Å². The molecule has 0 spiro atoms. The Balaban J connectivity index is 1.18. The second-order valence-electron chi connectivity index (χ2n) is 11.2. The number of hydrogen-bond acceptors (Lipinski definition) is 6. The highest BCUT2D eigenvalue weighted by molar-refractivity contribution is 5.65. The number of imidazole rings is 1. The molecule has 0 radical (unpaired) electrons. The minimum absolute atomic E-state index is 0.0381. The number of aliphatic hydroxyl groups is 2. The van der Waals surface area contributed by atoms with E-state index >= 15 is 0 Å². The summed E-state index contributed by atoms with van der Waals surface area (Å²) in [5, 5.41) is 22.3. The van der Waals surface area contributed by atoms with E-state index < -0.39 is 30.0 Å². The van der Waals surface area contributed by atoms with Crippen molar-refractivity contribution in [1.29, 1.82) is 0 Å². The first kappa shape index (κ1) is 28.8. The number of fused-ring (bicyclic) bond motifs is 1. The van der Waals surface area contributed by atoms with Gasteiger partial charge in [0.1, 0.15) is 23.9 Å². The molecule has 1 saturated heterocycles. The fourth-order valence-electron chi connectivity index (χ4n) is 6.11. The molecule has 7 rings (SSSR count). The standard InChI is InChI=1S/C36H32N4O5/c41-30-28(22-44-36(25-15-7-2-8-16-25,26-17-9-3-10-18-26)27-19-11-4-12-20-27)45-32(31(30)42)34-38-29-33(39-34)37-23-40(35(29)43)21-24-13-5-1-6-14-24/h1-20,23,28,30-32,41-42H,21-22H2,(H,38,39)/p+1/t28-,30-,31-,32-/m1/s1. The van der Waals surface area contributed by atoms with Crippen molar-refractivity contribution in [2.75, 3.05) is 6.61 Å². The molecule has 6 aromatic rings. The van der Waals surface area contributed by atoms with Gasteiger partial charge in [0.05, 0.1) is 13.2 Å². The minimum Gasteiger partial charge on any atom is -0.387 e. The molecule has 2 aromatic heterocycles. The predicted octanol–water partition coefficient (Wildman–Crippen LogP) is 3.76. The summed E-state index contributed by atoms with van der Waals surface area (Å²) in [6, 6.07) is 39.4. The normalized spacial score (nSPS) is 20.0. The van der Waals surface area contributed by atoms with Crippen molar-refractivity contribution >= 4 is 11.2 Å². The van der Waals surface area contributed by atoms with Crippen LogP contribution in [-0.2, 0) is 21.6 Å². The maximum absolute atomic E-state index is 13.3. The van der Waals surface area contributed by atoms with Crippen LogP contribution in [0.3, 0.4) is 0 Å². The third-order valence-corrected chi connectivity index (χ3v) is 8.39.